The predicted molar refractivity (Wildman–Crippen MR) is 113 cm³/mol. The van der Waals surface area contributed by atoms with Gasteiger partial charge >= 0.3 is 6.18 Å². The number of amides is 1. The first-order valence-corrected chi connectivity index (χ1v) is 9.66. The van der Waals surface area contributed by atoms with Gasteiger partial charge in [0.15, 0.2) is 6.10 Å². The summed E-state index contributed by atoms with van der Waals surface area (Å²) in [6.07, 6.45) is -4.47. The number of halogens is 6. The molecule has 2 aromatic carbocycles. The lowest BCUT2D eigenvalue weighted by Crippen LogP contribution is -2.33. The van der Waals surface area contributed by atoms with Crippen LogP contribution in [0.15, 0.2) is 72.6 Å². The van der Waals surface area contributed by atoms with E-state index in [0.29, 0.717) is 11.6 Å². The third-order valence-electron chi connectivity index (χ3n) is 4.82. The highest BCUT2D eigenvalue weighted by atomic mass is 19.4. The van der Waals surface area contributed by atoms with Gasteiger partial charge in [-0.1, -0.05) is 18.2 Å². The molecule has 0 fully saturated rings. The van der Waals surface area contributed by atoms with E-state index in [1.807, 2.05) is 0 Å². The van der Waals surface area contributed by atoms with Crippen LogP contribution in [-0.4, -0.2) is 23.2 Å². The lowest BCUT2D eigenvalue weighted by Gasteiger charge is -2.19. The first-order chi connectivity index (χ1) is 15.3. The summed E-state index contributed by atoms with van der Waals surface area (Å²) in [6, 6.07) is 4.67. The Hall–Kier alpha value is -3.33. The molecule has 9 heteroatoms. The van der Waals surface area contributed by atoms with Crippen molar-refractivity contribution in [1.82, 2.24) is 5.32 Å². The van der Waals surface area contributed by atoms with Crippen molar-refractivity contribution in [2.24, 2.45) is 0 Å². The fourth-order valence-corrected chi connectivity index (χ4v) is 2.83. The van der Waals surface area contributed by atoms with Crippen molar-refractivity contribution in [3.63, 3.8) is 0 Å². The number of alkyl halides is 3. The number of aliphatic hydroxyl groups is 1. The number of allylic oxidation sites excluding steroid dienone is 4. The molecule has 0 saturated carbocycles. The summed E-state index contributed by atoms with van der Waals surface area (Å²) in [5.41, 5.74) is -0.867. The van der Waals surface area contributed by atoms with Crippen molar-refractivity contribution in [1.29, 1.82) is 0 Å². The normalized spacial score (nSPS) is 14.6. The molecule has 0 spiro atoms. The minimum atomic E-state index is -5.04. The molecule has 0 saturated heterocycles. The SMILES string of the molecule is C=C/C(F)=C\C=C(/C)[C@@H](C)NC(=O)c1cc(-c2ccc(F)cc2F)cc(C(O)C(F)(F)F)c1. The lowest BCUT2D eigenvalue weighted by atomic mass is 9.96. The largest absolute Gasteiger partial charge is 0.418 e. The number of benzene rings is 2. The Morgan fingerprint density at radius 1 is 1.12 bits per heavy atom. The van der Waals surface area contributed by atoms with E-state index < -0.39 is 47.3 Å². The van der Waals surface area contributed by atoms with E-state index in [1.54, 1.807) is 13.8 Å². The Kier molecular flexibility index (Phi) is 8.27. The number of rotatable bonds is 7. The van der Waals surface area contributed by atoms with Crippen molar-refractivity contribution in [2.75, 3.05) is 0 Å². The van der Waals surface area contributed by atoms with Crippen LogP contribution in [0.5, 0.6) is 0 Å². The van der Waals surface area contributed by atoms with Gasteiger partial charge in [0, 0.05) is 23.2 Å². The molecule has 0 aliphatic heterocycles. The van der Waals surface area contributed by atoms with Gasteiger partial charge < -0.3 is 10.4 Å². The zero-order valence-electron chi connectivity index (χ0n) is 17.7. The Morgan fingerprint density at radius 2 is 1.79 bits per heavy atom. The fourth-order valence-electron chi connectivity index (χ4n) is 2.83. The molecular formula is C24H21F6NO2. The first kappa shape index (κ1) is 25.9. The zero-order chi connectivity index (χ0) is 24.9. The monoisotopic (exact) mass is 469 g/mol. The molecular weight excluding hydrogens is 448 g/mol. The maximum Gasteiger partial charge on any atom is 0.418 e. The molecule has 2 N–H and O–H groups in total. The Balaban J connectivity index is 2.48. The summed E-state index contributed by atoms with van der Waals surface area (Å²) in [5.74, 6) is -3.36. The number of carbonyl (C=O) groups is 1. The second kappa shape index (κ2) is 10.5. The standard InChI is InChI=1S/C24H21F6NO2/c1-4-18(25)6-5-13(2)14(3)31-23(33)17-10-15(20-8-7-19(26)12-21(20)27)9-16(11-17)22(32)24(28,29)30/h4-12,14,22,32H,1H2,2-3H3,(H,31,33)/b13-5+,18-6+/t14-,22?/m1/s1. The van der Waals surface area contributed by atoms with Crippen molar-refractivity contribution in [2.45, 2.75) is 32.2 Å². The molecule has 33 heavy (non-hydrogen) atoms. The van der Waals surface area contributed by atoms with Crippen LogP contribution in [0.3, 0.4) is 0 Å². The summed E-state index contributed by atoms with van der Waals surface area (Å²) in [4.78, 5) is 12.7. The van der Waals surface area contributed by atoms with Crippen molar-refractivity contribution in [3.8, 4) is 11.1 Å². The minimum Gasteiger partial charge on any atom is -0.379 e. The van der Waals surface area contributed by atoms with E-state index in [9.17, 15) is 36.2 Å². The van der Waals surface area contributed by atoms with E-state index in [1.165, 1.54) is 6.08 Å². The molecule has 176 valence electrons. The lowest BCUT2D eigenvalue weighted by molar-refractivity contribution is -0.206. The number of carbonyl (C=O) groups excluding carboxylic acids is 1. The van der Waals surface area contributed by atoms with Crippen LogP contribution in [0.2, 0.25) is 0 Å². The summed E-state index contributed by atoms with van der Waals surface area (Å²) < 4.78 is 80.0. The van der Waals surface area contributed by atoms with Crippen LogP contribution in [0.1, 0.15) is 35.9 Å². The minimum absolute atomic E-state index is 0.158. The molecule has 0 aromatic heterocycles. The maximum atomic E-state index is 14.3. The smallest absolute Gasteiger partial charge is 0.379 e. The van der Waals surface area contributed by atoms with Gasteiger partial charge in [0.2, 0.25) is 0 Å². The fraction of sp³-hybridized carbons (Fsp3) is 0.208. The van der Waals surface area contributed by atoms with Crippen LogP contribution >= 0.6 is 0 Å². The van der Waals surface area contributed by atoms with Gasteiger partial charge in [0.05, 0.1) is 0 Å². The second-order valence-corrected chi connectivity index (χ2v) is 7.27. The predicted octanol–water partition coefficient (Wildman–Crippen LogP) is 6.33. The molecule has 0 aliphatic carbocycles. The highest BCUT2D eigenvalue weighted by Crippen LogP contribution is 2.35. The third kappa shape index (κ3) is 6.82. The summed E-state index contributed by atoms with van der Waals surface area (Å²) in [7, 11) is 0. The maximum absolute atomic E-state index is 14.3. The van der Waals surface area contributed by atoms with E-state index in [4.69, 9.17) is 0 Å². The Labute approximate surface area is 186 Å². The van der Waals surface area contributed by atoms with Crippen LogP contribution in [0.25, 0.3) is 11.1 Å². The average Bonchev–Trinajstić information content (AvgIpc) is 2.75. The molecule has 0 radical (unpaired) electrons. The molecule has 0 heterocycles. The van der Waals surface area contributed by atoms with Crippen LogP contribution in [0, 0.1) is 11.6 Å². The van der Waals surface area contributed by atoms with E-state index in [0.717, 1.165) is 42.5 Å². The van der Waals surface area contributed by atoms with Crippen LogP contribution < -0.4 is 5.32 Å². The van der Waals surface area contributed by atoms with Gasteiger partial charge in [0.25, 0.3) is 5.91 Å². The molecule has 1 amide bonds. The van der Waals surface area contributed by atoms with Crippen LogP contribution in [0.4, 0.5) is 26.3 Å². The number of hydrogen-bond acceptors (Lipinski definition) is 2. The zero-order valence-corrected chi connectivity index (χ0v) is 17.7. The van der Waals surface area contributed by atoms with Crippen molar-refractivity contribution >= 4 is 5.91 Å². The van der Waals surface area contributed by atoms with E-state index >= 15 is 0 Å². The quantitative estimate of drug-likeness (QED) is 0.368. The third-order valence-corrected chi connectivity index (χ3v) is 4.82. The molecule has 0 bridgehead atoms. The van der Waals surface area contributed by atoms with Crippen molar-refractivity contribution in [3.05, 3.63) is 95.4 Å². The van der Waals surface area contributed by atoms with Gasteiger partial charge in [-0.2, -0.15) is 13.2 Å². The summed E-state index contributed by atoms with van der Waals surface area (Å²) >= 11 is 0. The van der Waals surface area contributed by atoms with Crippen molar-refractivity contribution < 1.29 is 36.2 Å². The van der Waals surface area contributed by atoms with Gasteiger partial charge in [-0.25, -0.2) is 13.2 Å². The Bertz CT molecular complexity index is 1100. The topological polar surface area (TPSA) is 49.3 Å². The van der Waals surface area contributed by atoms with Gasteiger partial charge in [-0.05, 0) is 67.5 Å². The number of hydrogen-bond donors (Lipinski definition) is 2. The highest BCUT2D eigenvalue weighted by Gasteiger charge is 2.40. The molecule has 2 atom stereocenters. The molecule has 2 rings (SSSR count). The number of aliphatic hydroxyl groups excluding tert-OH is 1. The number of nitrogens with one attached hydrogen (secondary N) is 1. The summed E-state index contributed by atoms with van der Waals surface area (Å²) in [5, 5.41) is 12.2. The highest BCUT2D eigenvalue weighted by molar-refractivity contribution is 5.96. The first-order valence-electron chi connectivity index (χ1n) is 9.66. The van der Waals surface area contributed by atoms with Gasteiger partial charge in [-0.3, -0.25) is 4.79 Å². The molecule has 1 unspecified atom stereocenters. The van der Waals surface area contributed by atoms with Gasteiger partial charge in [-0.15, -0.1) is 0 Å². The molecule has 3 nitrogen and oxygen atoms in total. The Morgan fingerprint density at radius 3 is 2.36 bits per heavy atom. The second-order valence-electron chi connectivity index (χ2n) is 7.27. The van der Waals surface area contributed by atoms with Crippen LogP contribution in [-0.2, 0) is 0 Å². The summed E-state index contributed by atoms with van der Waals surface area (Å²) in [6.45, 7) is 6.43. The average molecular weight is 469 g/mol. The molecule has 2 aromatic rings. The van der Waals surface area contributed by atoms with E-state index in [2.05, 4.69) is 11.9 Å². The van der Waals surface area contributed by atoms with E-state index in [-0.39, 0.29) is 16.7 Å². The van der Waals surface area contributed by atoms with Gasteiger partial charge in [0.1, 0.15) is 17.5 Å². The molecule has 0 aliphatic rings.